The fraction of sp³-hybridized carbons (Fsp3) is 0.800. The highest BCUT2D eigenvalue weighted by Crippen LogP contribution is 2.23. The summed E-state index contributed by atoms with van der Waals surface area (Å²) in [6, 6.07) is 0.196. The SMILES string of the molecule is CC(C)c1nnsc1C(=O)N(CC1CCCNC1)C(C)C. The summed E-state index contributed by atoms with van der Waals surface area (Å²) >= 11 is 1.23. The van der Waals surface area contributed by atoms with Crippen molar-refractivity contribution in [3.8, 4) is 0 Å². The number of nitrogens with one attached hydrogen (secondary N) is 1. The summed E-state index contributed by atoms with van der Waals surface area (Å²) in [5, 5.41) is 7.56. The fourth-order valence-corrected chi connectivity index (χ4v) is 3.52. The molecule has 0 radical (unpaired) electrons. The predicted molar refractivity (Wildman–Crippen MR) is 85.8 cm³/mol. The normalized spacial score (nSPS) is 19.2. The molecule has 0 saturated carbocycles. The molecule has 1 aromatic rings. The second-order valence-corrected chi connectivity index (χ2v) is 7.16. The van der Waals surface area contributed by atoms with Crippen LogP contribution in [0, 0.1) is 5.92 Å². The van der Waals surface area contributed by atoms with Crippen LogP contribution in [0.1, 0.15) is 61.8 Å². The maximum Gasteiger partial charge on any atom is 0.267 e. The number of aromatic nitrogens is 2. The van der Waals surface area contributed by atoms with Gasteiger partial charge in [-0.3, -0.25) is 4.79 Å². The Morgan fingerprint density at radius 1 is 1.43 bits per heavy atom. The first-order chi connectivity index (χ1) is 10.0. The minimum Gasteiger partial charge on any atom is -0.335 e. The molecule has 1 aliphatic rings. The molecule has 21 heavy (non-hydrogen) atoms. The van der Waals surface area contributed by atoms with Gasteiger partial charge >= 0.3 is 0 Å². The molecule has 2 rings (SSSR count). The van der Waals surface area contributed by atoms with Crippen molar-refractivity contribution in [3.05, 3.63) is 10.6 Å². The maximum absolute atomic E-state index is 12.9. The highest BCUT2D eigenvalue weighted by Gasteiger charge is 2.28. The molecule has 1 saturated heterocycles. The zero-order valence-electron chi connectivity index (χ0n) is 13.4. The van der Waals surface area contributed by atoms with Crippen LogP contribution in [-0.2, 0) is 0 Å². The van der Waals surface area contributed by atoms with E-state index in [1.165, 1.54) is 24.4 Å². The molecule has 1 aromatic heterocycles. The molecule has 0 bridgehead atoms. The van der Waals surface area contributed by atoms with Gasteiger partial charge in [0.2, 0.25) is 0 Å². The van der Waals surface area contributed by atoms with Crippen molar-refractivity contribution in [2.24, 2.45) is 5.92 Å². The van der Waals surface area contributed by atoms with E-state index in [-0.39, 0.29) is 17.9 Å². The number of nitrogens with zero attached hydrogens (tertiary/aromatic N) is 3. The van der Waals surface area contributed by atoms with E-state index in [2.05, 4.69) is 42.6 Å². The topological polar surface area (TPSA) is 58.1 Å². The third-order valence-corrected chi connectivity index (χ3v) is 4.72. The van der Waals surface area contributed by atoms with E-state index in [0.717, 1.165) is 25.3 Å². The van der Waals surface area contributed by atoms with Crippen LogP contribution in [0.5, 0.6) is 0 Å². The van der Waals surface area contributed by atoms with Crippen LogP contribution in [0.3, 0.4) is 0 Å². The van der Waals surface area contributed by atoms with Gasteiger partial charge in [-0.2, -0.15) is 0 Å². The number of hydrogen-bond donors (Lipinski definition) is 1. The summed E-state index contributed by atoms with van der Waals surface area (Å²) in [4.78, 5) is 15.6. The monoisotopic (exact) mass is 310 g/mol. The summed E-state index contributed by atoms with van der Waals surface area (Å²) in [5.41, 5.74) is 0.831. The van der Waals surface area contributed by atoms with Gasteiger partial charge in [0.05, 0.1) is 5.69 Å². The van der Waals surface area contributed by atoms with Gasteiger partial charge in [0.15, 0.2) is 0 Å². The van der Waals surface area contributed by atoms with Crippen LogP contribution in [-0.4, -0.2) is 46.1 Å². The van der Waals surface area contributed by atoms with Crippen molar-refractivity contribution >= 4 is 17.4 Å². The van der Waals surface area contributed by atoms with Crippen molar-refractivity contribution in [2.45, 2.75) is 52.5 Å². The molecule has 1 fully saturated rings. The summed E-state index contributed by atoms with van der Waals surface area (Å²) in [6.07, 6.45) is 2.39. The van der Waals surface area contributed by atoms with E-state index in [1.54, 1.807) is 0 Å². The average molecular weight is 310 g/mol. The van der Waals surface area contributed by atoms with Crippen LogP contribution >= 0.6 is 11.5 Å². The lowest BCUT2D eigenvalue weighted by Gasteiger charge is -2.32. The predicted octanol–water partition coefficient (Wildman–Crippen LogP) is 2.51. The van der Waals surface area contributed by atoms with E-state index >= 15 is 0 Å². The quantitative estimate of drug-likeness (QED) is 0.908. The number of rotatable bonds is 5. The molecule has 1 amide bonds. The number of carbonyl (C=O) groups is 1. The Labute approximate surface area is 131 Å². The van der Waals surface area contributed by atoms with Gasteiger partial charge in [-0.15, -0.1) is 5.10 Å². The minimum absolute atomic E-state index is 0.0919. The lowest BCUT2D eigenvalue weighted by molar-refractivity contribution is 0.0664. The van der Waals surface area contributed by atoms with Crippen molar-refractivity contribution in [3.63, 3.8) is 0 Å². The Balaban J connectivity index is 2.13. The Morgan fingerprint density at radius 3 is 2.76 bits per heavy atom. The molecule has 5 nitrogen and oxygen atoms in total. The molecule has 1 atom stereocenters. The van der Waals surface area contributed by atoms with Gasteiger partial charge in [-0.1, -0.05) is 18.3 Å². The van der Waals surface area contributed by atoms with Gasteiger partial charge in [-0.05, 0) is 63.1 Å². The van der Waals surface area contributed by atoms with Crippen LogP contribution in [0.15, 0.2) is 0 Å². The molecule has 6 heteroatoms. The second kappa shape index (κ2) is 7.31. The first kappa shape index (κ1) is 16.4. The van der Waals surface area contributed by atoms with Crippen molar-refractivity contribution < 1.29 is 4.79 Å². The van der Waals surface area contributed by atoms with Crippen LogP contribution in [0.2, 0.25) is 0 Å². The minimum atomic E-state index is 0.0919. The Morgan fingerprint density at radius 2 is 2.19 bits per heavy atom. The molecule has 1 N–H and O–H groups in total. The molecule has 0 aliphatic carbocycles. The zero-order valence-corrected chi connectivity index (χ0v) is 14.2. The van der Waals surface area contributed by atoms with Gasteiger partial charge in [-0.25, -0.2) is 0 Å². The largest absolute Gasteiger partial charge is 0.335 e. The first-order valence-electron chi connectivity index (χ1n) is 7.84. The van der Waals surface area contributed by atoms with Crippen LogP contribution < -0.4 is 5.32 Å². The standard InChI is InChI=1S/C15H26N4OS/c1-10(2)13-14(21-18-17-13)15(20)19(11(3)4)9-12-6-5-7-16-8-12/h10-12,16H,5-9H2,1-4H3. The maximum atomic E-state index is 12.9. The lowest BCUT2D eigenvalue weighted by atomic mass is 9.98. The zero-order chi connectivity index (χ0) is 15.4. The van der Waals surface area contributed by atoms with E-state index in [0.29, 0.717) is 10.8 Å². The highest BCUT2D eigenvalue weighted by molar-refractivity contribution is 7.08. The van der Waals surface area contributed by atoms with Crippen molar-refractivity contribution in [1.29, 1.82) is 0 Å². The second-order valence-electron chi connectivity index (χ2n) is 6.41. The molecule has 2 heterocycles. The Kier molecular flexibility index (Phi) is 5.70. The van der Waals surface area contributed by atoms with E-state index in [4.69, 9.17) is 0 Å². The summed E-state index contributed by atoms with van der Waals surface area (Å²) < 4.78 is 3.98. The van der Waals surface area contributed by atoms with Crippen molar-refractivity contribution in [2.75, 3.05) is 19.6 Å². The number of piperidine rings is 1. The smallest absolute Gasteiger partial charge is 0.267 e. The van der Waals surface area contributed by atoms with Gasteiger partial charge in [0.25, 0.3) is 5.91 Å². The van der Waals surface area contributed by atoms with Gasteiger partial charge in [0, 0.05) is 12.6 Å². The summed E-state index contributed by atoms with van der Waals surface area (Å²) in [6.45, 7) is 11.2. The van der Waals surface area contributed by atoms with Crippen molar-refractivity contribution in [1.82, 2.24) is 19.8 Å². The molecule has 118 valence electrons. The third kappa shape index (κ3) is 4.01. The van der Waals surface area contributed by atoms with E-state index < -0.39 is 0 Å². The number of amides is 1. The molecule has 1 aliphatic heterocycles. The first-order valence-corrected chi connectivity index (χ1v) is 8.62. The Bertz CT molecular complexity index is 466. The fourth-order valence-electron chi connectivity index (χ4n) is 2.74. The van der Waals surface area contributed by atoms with Crippen LogP contribution in [0.25, 0.3) is 0 Å². The van der Waals surface area contributed by atoms with E-state index in [9.17, 15) is 4.79 Å². The third-order valence-electron chi connectivity index (χ3n) is 3.99. The van der Waals surface area contributed by atoms with Crippen LogP contribution in [0.4, 0.5) is 0 Å². The molecule has 0 aromatic carbocycles. The number of carbonyl (C=O) groups excluding carboxylic acids is 1. The molecule has 0 spiro atoms. The average Bonchev–Trinajstić information content (AvgIpc) is 2.94. The highest BCUT2D eigenvalue weighted by atomic mass is 32.1. The molecular weight excluding hydrogens is 284 g/mol. The summed E-state index contributed by atoms with van der Waals surface area (Å²) in [5.74, 6) is 0.871. The number of hydrogen-bond acceptors (Lipinski definition) is 5. The summed E-state index contributed by atoms with van der Waals surface area (Å²) in [7, 11) is 0. The molecular formula is C15H26N4OS. The van der Waals surface area contributed by atoms with E-state index in [1.807, 2.05) is 4.90 Å². The van der Waals surface area contributed by atoms with Gasteiger partial charge < -0.3 is 10.2 Å². The molecule has 1 unspecified atom stereocenters. The van der Waals surface area contributed by atoms with Gasteiger partial charge in [0.1, 0.15) is 4.88 Å². The Hall–Kier alpha value is -1.01. The lowest BCUT2D eigenvalue weighted by Crippen LogP contribution is -2.44.